The van der Waals surface area contributed by atoms with Crippen LogP contribution in [-0.4, -0.2) is 17.8 Å². The van der Waals surface area contributed by atoms with E-state index in [1.807, 2.05) is 0 Å². The van der Waals surface area contributed by atoms with Crippen LogP contribution in [0, 0.1) is 26.7 Å². The summed E-state index contributed by atoms with van der Waals surface area (Å²) in [5.74, 6) is 0.658. The van der Waals surface area contributed by atoms with Gasteiger partial charge in [0.2, 0.25) is 0 Å². The molecule has 0 saturated heterocycles. The van der Waals surface area contributed by atoms with Crippen molar-refractivity contribution in [2.45, 2.75) is 52.7 Å². The maximum Gasteiger partial charge on any atom is 0.0543 e. The lowest BCUT2D eigenvalue weighted by Crippen LogP contribution is -2.22. The first-order chi connectivity index (χ1) is 8.56. The molecule has 1 aromatic rings. The lowest BCUT2D eigenvalue weighted by Gasteiger charge is -2.15. The first-order valence-corrected chi connectivity index (χ1v) is 7.01. The van der Waals surface area contributed by atoms with Gasteiger partial charge in [-0.1, -0.05) is 17.7 Å². The molecule has 2 rings (SSSR count). The molecular formula is C16H25NO. The number of rotatable bonds is 4. The Morgan fingerprint density at radius 3 is 2.39 bits per heavy atom. The fraction of sp³-hybridized carbons (Fsp3) is 0.625. The van der Waals surface area contributed by atoms with Crippen molar-refractivity contribution in [3.8, 4) is 0 Å². The smallest absolute Gasteiger partial charge is 0.0543 e. The van der Waals surface area contributed by atoms with Gasteiger partial charge in [-0.2, -0.15) is 0 Å². The SMILES string of the molecule is Cc1cc(C)c(CNCC2CCC(O)C2)c(C)c1. The predicted octanol–water partition coefficient (Wildman–Crippen LogP) is 2.86. The lowest BCUT2D eigenvalue weighted by atomic mass is 9.99. The standard InChI is InChI=1S/C16H25NO/c1-11-6-12(2)16(13(3)7-11)10-17-9-14-4-5-15(18)8-14/h6-7,14-15,17-18H,4-5,8-10H2,1-3H3. The summed E-state index contributed by atoms with van der Waals surface area (Å²) in [7, 11) is 0. The van der Waals surface area contributed by atoms with Crippen LogP contribution in [-0.2, 0) is 6.54 Å². The Morgan fingerprint density at radius 2 is 1.83 bits per heavy atom. The number of aliphatic hydroxyl groups excluding tert-OH is 1. The van der Waals surface area contributed by atoms with Gasteiger partial charge in [-0.3, -0.25) is 0 Å². The summed E-state index contributed by atoms with van der Waals surface area (Å²) >= 11 is 0. The molecule has 2 heteroatoms. The average molecular weight is 247 g/mol. The molecule has 0 bridgehead atoms. The molecule has 0 heterocycles. The molecule has 1 aliphatic rings. The van der Waals surface area contributed by atoms with Crippen LogP contribution in [0.15, 0.2) is 12.1 Å². The van der Waals surface area contributed by atoms with Crippen LogP contribution < -0.4 is 5.32 Å². The van der Waals surface area contributed by atoms with Crippen LogP contribution in [0.3, 0.4) is 0 Å². The zero-order valence-electron chi connectivity index (χ0n) is 11.8. The van der Waals surface area contributed by atoms with Gasteiger partial charge in [0.15, 0.2) is 0 Å². The van der Waals surface area contributed by atoms with Crippen molar-refractivity contribution in [3.63, 3.8) is 0 Å². The molecule has 18 heavy (non-hydrogen) atoms. The average Bonchev–Trinajstić information content (AvgIpc) is 2.68. The molecule has 1 saturated carbocycles. The third-order valence-electron chi connectivity index (χ3n) is 4.09. The number of nitrogens with one attached hydrogen (secondary N) is 1. The first kappa shape index (κ1) is 13.6. The van der Waals surface area contributed by atoms with E-state index in [2.05, 4.69) is 38.2 Å². The Balaban J connectivity index is 1.87. The van der Waals surface area contributed by atoms with Crippen molar-refractivity contribution in [2.75, 3.05) is 6.54 Å². The monoisotopic (exact) mass is 247 g/mol. The summed E-state index contributed by atoms with van der Waals surface area (Å²) in [6, 6.07) is 4.51. The largest absolute Gasteiger partial charge is 0.393 e. The van der Waals surface area contributed by atoms with Gasteiger partial charge in [0.25, 0.3) is 0 Å². The minimum absolute atomic E-state index is 0.0559. The molecular weight excluding hydrogens is 222 g/mol. The van der Waals surface area contributed by atoms with Gasteiger partial charge in [0, 0.05) is 6.54 Å². The van der Waals surface area contributed by atoms with Gasteiger partial charge < -0.3 is 10.4 Å². The summed E-state index contributed by atoms with van der Waals surface area (Å²) in [5, 5.41) is 13.1. The minimum Gasteiger partial charge on any atom is -0.393 e. The van der Waals surface area contributed by atoms with Crippen LogP contribution in [0.4, 0.5) is 0 Å². The fourth-order valence-electron chi connectivity index (χ4n) is 3.12. The van der Waals surface area contributed by atoms with E-state index in [9.17, 15) is 5.11 Å². The minimum atomic E-state index is -0.0559. The first-order valence-electron chi connectivity index (χ1n) is 7.01. The van der Waals surface area contributed by atoms with Gasteiger partial charge in [0.05, 0.1) is 6.10 Å². The van der Waals surface area contributed by atoms with Crippen LogP contribution in [0.5, 0.6) is 0 Å². The second-order valence-electron chi connectivity index (χ2n) is 5.84. The van der Waals surface area contributed by atoms with E-state index >= 15 is 0 Å². The summed E-state index contributed by atoms with van der Waals surface area (Å²) in [4.78, 5) is 0. The van der Waals surface area contributed by atoms with Crippen LogP contribution in [0.25, 0.3) is 0 Å². The highest BCUT2D eigenvalue weighted by Gasteiger charge is 2.22. The van der Waals surface area contributed by atoms with Crippen molar-refractivity contribution in [2.24, 2.45) is 5.92 Å². The number of aryl methyl sites for hydroxylation is 3. The van der Waals surface area contributed by atoms with Gasteiger partial charge in [-0.15, -0.1) is 0 Å². The van der Waals surface area contributed by atoms with E-state index in [0.29, 0.717) is 5.92 Å². The van der Waals surface area contributed by atoms with Gasteiger partial charge in [-0.25, -0.2) is 0 Å². The van der Waals surface area contributed by atoms with Crippen LogP contribution >= 0.6 is 0 Å². The van der Waals surface area contributed by atoms with Crippen LogP contribution in [0.2, 0.25) is 0 Å². The maximum atomic E-state index is 9.51. The molecule has 2 N–H and O–H groups in total. The zero-order chi connectivity index (χ0) is 13.1. The second kappa shape index (κ2) is 5.85. The van der Waals surface area contributed by atoms with E-state index in [1.54, 1.807) is 0 Å². The molecule has 2 atom stereocenters. The third kappa shape index (κ3) is 3.33. The van der Waals surface area contributed by atoms with Gasteiger partial charge >= 0.3 is 0 Å². The quantitative estimate of drug-likeness (QED) is 0.857. The van der Waals surface area contributed by atoms with Crippen LogP contribution in [0.1, 0.15) is 41.5 Å². The van der Waals surface area contributed by atoms with Crippen molar-refractivity contribution < 1.29 is 5.11 Å². The predicted molar refractivity (Wildman–Crippen MR) is 75.7 cm³/mol. The number of hydrogen-bond donors (Lipinski definition) is 2. The summed E-state index contributed by atoms with van der Waals surface area (Å²) < 4.78 is 0. The summed E-state index contributed by atoms with van der Waals surface area (Å²) in [6.45, 7) is 8.51. The Hall–Kier alpha value is -0.860. The highest BCUT2D eigenvalue weighted by Crippen LogP contribution is 2.24. The molecule has 2 nitrogen and oxygen atoms in total. The Bertz CT molecular complexity index is 391. The van der Waals surface area contributed by atoms with E-state index in [1.165, 1.54) is 28.7 Å². The van der Waals surface area contributed by atoms with Crippen molar-refractivity contribution >= 4 is 0 Å². The van der Waals surface area contributed by atoms with Crippen molar-refractivity contribution in [3.05, 3.63) is 34.4 Å². The highest BCUT2D eigenvalue weighted by molar-refractivity contribution is 5.37. The molecule has 2 unspecified atom stereocenters. The number of benzene rings is 1. The molecule has 0 amide bonds. The molecule has 0 aromatic heterocycles. The molecule has 0 spiro atoms. The second-order valence-corrected chi connectivity index (χ2v) is 5.84. The van der Waals surface area contributed by atoms with Gasteiger partial charge in [0.1, 0.15) is 0 Å². The summed E-state index contributed by atoms with van der Waals surface area (Å²) in [6.07, 6.45) is 3.06. The number of hydrogen-bond acceptors (Lipinski definition) is 2. The molecule has 0 aliphatic heterocycles. The Morgan fingerprint density at radius 1 is 1.17 bits per heavy atom. The fourth-order valence-corrected chi connectivity index (χ4v) is 3.12. The maximum absolute atomic E-state index is 9.51. The topological polar surface area (TPSA) is 32.3 Å². The lowest BCUT2D eigenvalue weighted by molar-refractivity contribution is 0.177. The highest BCUT2D eigenvalue weighted by atomic mass is 16.3. The third-order valence-corrected chi connectivity index (χ3v) is 4.09. The molecule has 0 radical (unpaired) electrons. The van der Waals surface area contributed by atoms with Crippen molar-refractivity contribution in [1.29, 1.82) is 0 Å². The zero-order valence-corrected chi connectivity index (χ0v) is 11.8. The molecule has 1 fully saturated rings. The Kier molecular flexibility index (Phi) is 4.41. The van der Waals surface area contributed by atoms with E-state index < -0.39 is 0 Å². The molecule has 1 aliphatic carbocycles. The van der Waals surface area contributed by atoms with Crippen molar-refractivity contribution in [1.82, 2.24) is 5.32 Å². The molecule has 1 aromatic carbocycles. The number of aliphatic hydroxyl groups is 1. The van der Waals surface area contributed by atoms with Gasteiger partial charge in [-0.05, 0) is 69.2 Å². The Labute approximate surface area is 110 Å². The van der Waals surface area contributed by atoms with E-state index in [4.69, 9.17) is 0 Å². The normalized spacial score (nSPS) is 23.6. The van der Waals surface area contributed by atoms with E-state index in [-0.39, 0.29) is 6.10 Å². The summed E-state index contributed by atoms with van der Waals surface area (Å²) in [5.41, 5.74) is 5.53. The molecule has 100 valence electrons. The van der Waals surface area contributed by atoms with E-state index in [0.717, 1.165) is 25.9 Å².